The van der Waals surface area contributed by atoms with E-state index >= 15 is 0 Å². The maximum absolute atomic E-state index is 11.7. The fraction of sp³-hybridized carbons (Fsp3) is 0.636. The molecule has 0 radical (unpaired) electrons. The van der Waals surface area contributed by atoms with E-state index in [2.05, 4.69) is 5.32 Å². The molecule has 0 amide bonds. The first-order valence-electron chi connectivity index (χ1n) is 5.51. The SMILES string of the molecule is CCOC(=O)C(C(=O)OCC)=C(NC)SCC. The van der Waals surface area contributed by atoms with Crippen LogP contribution in [0.5, 0.6) is 0 Å². The molecular weight excluding hydrogens is 242 g/mol. The number of ether oxygens (including phenoxy) is 2. The van der Waals surface area contributed by atoms with Crippen molar-refractivity contribution < 1.29 is 19.1 Å². The molecule has 0 aromatic carbocycles. The van der Waals surface area contributed by atoms with Crippen molar-refractivity contribution >= 4 is 23.7 Å². The molecule has 1 N–H and O–H groups in total. The third kappa shape index (κ3) is 5.12. The zero-order valence-corrected chi connectivity index (χ0v) is 11.5. The van der Waals surface area contributed by atoms with Gasteiger partial charge in [0.25, 0.3) is 0 Å². The van der Waals surface area contributed by atoms with E-state index in [1.54, 1.807) is 20.9 Å². The van der Waals surface area contributed by atoms with Crippen molar-refractivity contribution in [2.24, 2.45) is 0 Å². The molecule has 0 aromatic heterocycles. The van der Waals surface area contributed by atoms with Crippen LogP contribution in [0.2, 0.25) is 0 Å². The molecule has 0 fully saturated rings. The number of thioether (sulfide) groups is 1. The predicted molar refractivity (Wildman–Crippen MR) is 67.5 cm³/mol. The van der Waals surface area contributed by atoms with Crippen molar-refractivity contribution in [3.8, 4) is 0 Å². The smallest absolute Gasteiger partial charge is 0.348 e. The van der Waals surface area contributed by atoms with Crippen LogP contribution >= 0.6 is 11.8 Å². The third-order valence-corrected chi connectivity index (χ3v) is 2.69. The molecule has 0 spiro atoms. The summed E-state index contributed by atoms with van der Waals surface area (Å²) in [5.74, 6) is -0.578. The number of hydrogen-bond acceptors (Lipinski definition) is 6. The monoisotopic (exact) mass is 261 g/mol. The summed E-state index contributed by atoms with van der Waals surface area (Å²) in [6, 6.07) is 0. The summed E-state index contributed by atoms with van der Waals surface area (Å²) in [7, 11) is 1.65. The van der Waals surface area contributed by atoms with Gasteiger partial charge in [-0.05, 0) is 19.6 Å². The number of carbonyl (C=O) groups is 2. The lowest BCUT2D eigenvalue weighted by molar-refractivity contribution is -0.146. The fourth-order valence-corrected chi connectivity index (χ4v) is 1.83. The third-order valence-electron chi connectivity index (χ3n) is 1.70. The molecule has 0 bridgehead atoms. The molecule has 0 saturated carbocycles. The Morgan fingerprint density at radius 2 is 1.53 bits per heavy atom. The molecule has 98 valence electrons. The van der Waals surface area contributed by atoms with Crippen LogP contribution in [0.25, 0.3) is 0 Å². The Labute approximate surface area is 106 Å². The lowest BCUT2D eigenvalue weighted by atomic mass is 10.3. The van der Waals surface area contributed by atoms with E-state index in [-0.39, 0.29) is 18.8 Å². The minimum absolute atomic E-state index is 0.0666. The molecule has 5 nitrogen and oxygen atoms in total. The summed E-state index contributed by atoms with van der Waals surface area (Å²) in [6.45, 7) is 5.74. The fourth-order valence-electron chi connectivity index (χ4n) is 1.09. The van der Waals surface area contributed by atoms with Gasteiger partial charge in [0, 0.05) is 7.05 Å². The zero-order valence-electron chi connectivity index (χ0n) is 10.7. The van der Waals surface area contributed by atoms with E-state index in [9.17, 15) is 9.59 Å². The maximum atomic E-state index is 11.7. The summed E-state index contributed by atoms with van der Waals surface area (Å²) >= 11 is 1.36. The molecule has 17 heavy (non-hydrogen) atoms. The van der Waals surface area contributed by atoms with Crippen LogP contribution in [0, 0.1) is 0 Å². The van der Waals surface area contributed by atoms with Gasteiger partial charge in [-0.3, -0.25) is 0 Å². The Morgan fingerprint density at radius 1 is 1.06 bits per heavy atom. The molecule has 0 unspecified atom stereocenters. The van der Waals surface area contributed by atoms with Crippen LogP contribution in [0.4, 0.5) is 0 Å². The Kier molecular flexibility index (Phi) is 8.31. The molecule has 0 aliphatic rings. The molecule has 0 atom stereocenters. The quantitative estimate of drug-likeness (QED) is 0.322. The van der Waals surface area contributed by atoms with Gasteiger partial charge < -0.3 is 14.8 Å². The van der Waals surface area contributed by atoms with Crippen molar-refractivity contribution in [3.05, 3.63) is 10.6 Å². The first kappa shape index (κ1) is 15.8. The van der Waals surface area contributed by atoms with Gasteiger partial charge in [0.1, 0.15) is 0 Å². The molecule has 0 aliphatic carbocycles. The van der Waals surface area contributed by atoms with E-state index in [0.29, 0.717) is 5.03 Å². The van der Waals surface area contributed by atoms with Gasteiger partial charge in [0.05, 0.1) is 18.2 Å². The standard InChI is InChI=1S/C11H19NO4S/c1-5-15-10(13)8(11(14)16-6-2)9(12-4)17-7-3/h12H,5-7H2,1-4H3. The number of carbonyl (C=O) groups excluding carboxylic acids is 2. The highest BCUT2D eigenvalue weighted by atomic mass is 32.2. The minimum Gasteiger partial charge on any atom is -0.462 e. The van der Waals surface area contributed by atoms with Crippen molar-refractivity contribution in [1.82, 2.24) is 5.32 Å². The largest absolute Gasteiger partial charge is 0.462 e. The normalized spacial score (nSPS) is 9.41. The van der Waals surface area contributed by atoms with Crippen molar-refractivity contribution in [2.75, 3.05) is 26.0 Å². The van der Waals surface area contributed by atoms with Crippen molar-refractivity contribution in [2.45, 2.75) is 20.8 Å². The van der Waals surface area contributed by atoms with E-state index in [1.165, 1.54) is 11.8 Å². The second kappa shape index (κ2) is 8.92. The molecule has 6 heteroatoms. The van der Waals surface area contributed by atoms with Gasteiger partial charge in [0.15, 0.2) is 5.57 Å². The average Bonchev–Trinajstić information content (AvgIpc) is 2.29. The van der Waals surface area contributed by atoms with E-state index < -0.39 is 11.9 Å². The van der Waals surface area contributed by atoms with Crippen molar-refractivity contribution in [3.63, 3.8) is 0 Å². The van der Waals surface area contributed by atoms with Crippen LogP contribution < -0.4 is 5.32 Å². The Hall–Kier alpha value is -1.17. The van der Waals surface area contributed by atoms with Gasteiger partial charge in [-0.15, -0.1) is 11.8 Å². The topological polar surface area (TPSA) is 64.6 Å². The maximum Gasteiger partial charge on any atom is 0.348 e. The van der Waals surface area contributed by atoms with Gasteiger partial charge in [-0.25, -0.2) is 9.59 Å². The van der Waals surface area contributed by atoms with E-state index in [0.717, 1.165) is 5.75 Å². The Morgan fingerprint density at radius 3 is 1.82 bits per heavy atom. The molecule has 0 saturated heterocycles. The Balaban J connectivity index is 5.18. The highest BCUT2D eigenvalue weighted by molar-refractivity contribution is 8.03. The van der Waals surface area contributed by atoms with Crippen LogP contribution in [0.3, 0.4) is 0 Å². The lowest BCUT2D eigenvalue weighted by Crippen LogP contribution is -2.23. The number of esters is 2. The van der Waals surface area contributed by atoms with Crippen LogP contribution in [-0.4, -0.2) is 38.0 Å². The van der Waals surface area contributed by atoms with Crippen LogP contribution in [0.1, 0.15) is 20.8 Å². The average molecular weight is 261 g/mol. The van der Waals surface area contributed by atoms with Crippen molar-refractivity contribution in [1.29, 1.82) is 0 Å². The van der Waals surface area contributed by atoms with E-state index in [1.807, 2.05) is 6.92 Å². The van der Waals surface area contributed by atoms with Gasteiger partial charge in [0.2, 0.25) is 0 Å². The first-order valence-corrected chi connectivity index (χ1v) is 6.49. The zero-order chi connectivity index (χ0) is 13.3. The Bertz CT molecular complexity index is 282. The van der Waals surface area contributed by atoms with Gasteiger partial charge in [-0.2, -0.15) is 0 Å². The molecule has 0 rings (SSSR count). The van der Waals surface area contributed by atoms with Crippen LogP contribution in [0.15, 0.2) is 10.6 Å². The minimum atomic E-state index is -0.656. The van der Waals surface area contributed by atoms with Crippen LogP contribution in [-0.2, 0) is 19.1 Å². The summed E-state index contributed by atoms with van der Waals surface area (Å²) in [5, 5.41) is 3.30. The molecule has 0 aliphatic heterocycles. The number of nitrogens with one attached hydrogen (secondary N) is 1. The summed E-state index contributed by atoms with van der Waals surface area (Å²) in [6.07, 6.45) is 0. The highest BCUT2D eigenvalue weighted by Gasteiger charge is 2.25. The van der Waals surface area contributed by atoms with E-state index in [4.69, 9.17) is 9.47 Å². The summed E-state index contributed by atoms with van der Waals surface area (Å²) in [4.78, 5) is 23.4. The molecular formula is C11H19NO4S. The number of hydrogen-bond donors (Lipinski definition) is 1. The molecule has 0 aromatic rings. The molecule has 0 heterocycles. The summed E-state index contributed by atoms with van der Waals surface area (Å²) < 4.78 is 9.70. The van der Waals surface area contributed by atoms with Gasteiger partial charge in [-0.1, -0.05) is 6.92 Å². The first-order chi connectivity index (χ1) is 8.12. The summed E-state index contributed by atoms with van der Waals surface area (Å²) in [5.41, 5.74) is -0.0666. The van der Waals surface area contributed by atoms with Gasteiger partial charge >= 0.3 is 11.9 Å². The second-order valence-corrected chi connectivity index (χ2v) is 4.10. The predicted octanol–water partition coefficient (Wildman–Crippen LogP) is 1.30. The number of rotatable bonds is 7. The lowest BCUT2D eigenvalue weighted by Gasteiger charge is -2.12. The second-order valence-electron chi connectivity index (χ2n) is 2.83. The highest BCUT2D eigenvalue weighted by Crippen LogP contribution is 2.18.